The van der Waals surface area contributed by atoms with Gasteiger partial charge in [0.05, 0.1) is 22.9 Å². The number of likely N-dealkylation sites (tertiary alicyclic amines) is 1. The van der Waals surface area contributed by atoms with Crippen LogP contribution in [0.1, 0.15) is 60.3 Å². The third-order valence-electron chi connectivity index (χ3n) is 10.1. The van der Waals surface area contributed by atoms with E-state index in [9.17, 15) is 24.0 Å². The van der Waals surface area contributed by atoms with Gasteiger partial charge in [-0.25, -0.2) is 14.0 Å². The molecular formula is C44H41Cl2FN6O3. The summed E-state index contributed by atoms with van der Waals surface area (Å²) in [6, 6.07) is 37.3. The number of carbonyl (C=O) groups is 3. The summed E-state index contributed by atoms with van der Waals surface area (Å²) in [4.78, 5) is 38.5. The third kappa shape index (κ3) is 10.4. The average Bonchev–Trinajstić information content (AvgIpc) is 3.92. The second-order valence-corrected chi connectivity index (χ2v) is 14.8. The van der Waals surface area contributed by atoms with Crippen LogP contribution in [-0.4, -0.2) is 36.5 Å². The smallest absolute Gasteiger partial charge is 0.321 e. The van der Waals surface area contributed by atoms with Gasteiger partial charge in [0.2, 0.25) is 6.41 Å². The van der Waals surface area contributed by atoms with E-state index in [0.717, 1.165) is 44.5 Å². The van der Waals surface area contributed by atoms with Gasteiger partial charge < -0.3 is 26.2 Å². The Labute approximate surface area is 335 Å². The minimum Gasteiger partial charge on any atom is -0.326 e. The molecule has 1 saturated carbocycles. The highest BCUT2D eigenvalue weighted by Crippen LogP contribution is 2.42. The second-order valence-electron chi connectivity index (χ2n) is 13.9. The topological polar surface area (TPSA) is 126 Å². The van der Waals surface area contributed by atoms with Crippen LogP contribution in [0.2, 0.25) is 10.0 Å². The van der Waals surface area contributed by atoms with Crippen LogP contribution < -0.4 is 21.3 Å². The normalized spacial score (nSPS) is 15.6. The van der Waals surface area contributed by atoms with Crippen LogP contribution in [0.4, 0.5) is 31.0 Å². The van der Waals surface area contributed by atoms with Gasteiger partial charge in [0.25, 0.3) is 0 Å². The van der Waals surface area contributed by atoms with Crippen molar-refractivity contribution in [2.45, 2.75) is 43.6 Å². The predicted octanol–water partition coefficient (Wildman–Crippen LogP) is 10.5. The van der Waals surface area contributed by atoms with E-state index in [4.69, 9.17) is 23.2 Å². The summed E-state index contributed by atoms with van der Waals surface area (Å²) in [5.41, 5.74) is 3.26. The molecule has 9 nitrogen and oxygen atoms in total. The van der Waals surface area contributed by atoms with Crippen LogP contribution in [0.3, 0.4) is 0 Å². The van der Waals surface area contributed by atoms with E-state index in [1.165, 1.54) is 17.7 Å². The molecule has 56 heavy (non-hydrogen) atoms. The van der Waals surface area contributed by atoms with Gasteiger partial charge in [-0.3, -0.25) is 4.79 Å². The highest BCUT2D eigenvalue weighted by Gasteiger charge is 2.39. The van der Waals surface area contributed by atoms with Crippen LogP contribution in [0.15, 0.2) is 121 Å². The van der Waals surface area contributed by atoms with E-state index in [2.05, 4.69) is 39.5 Å². The molecule has 2 aliphatic rings. The summed E-state index contributed by atoms with van der Waals surface area (Å²) in [6.45, 7) is 1.56. The number of hydrogen-bond donors (Lipinski definition) is 4. The lowest BCUT2D eigenvalue weighted by molar-refractivity contribution is -0.105. The van der Waals surface area contributed by atoms with Crippen molar-refractivity contribution in [3.05, 3.63) is 159 Å². The van der Waals surface area contributed by atoms with Gasteiger partial charge in [0, 0.05) is 40.4 Å². The summed E-state index contributed by atoms with van der Waals surface area (Å²) in [5.74, 6) is 0.387. The van der Waals surface area contributed by atoms with Crippen molar-refractivity contribution in [3.8, 4) is 6.07 Å². The number of rotatable bonds is 11. The second kappa shape index (κ2) is 18.6. The Balaban J connectivity index is 0.000000215. The fourth-order valence-electron chi connectivity index (χ4n) is 6.88. The number of hydrogen-bond acceptors (Lipinski definition) is 4. The highest BCUT2D eigenvalue weighted by atomic mass is 35.5. The Morgan fingerprint density at radius 2 is 1.48 bits per heavy atom. The number of urea groups is 2. The van der Waals surface area contributed by atoms with Gasteiger partial charge in [-0.05, 0) is 115 Å². The van der Waals surface area contributed by atoms with Crippen molar-refractivity contribution >= 4 is 58.7 Å². The molecule has 5 aromatic carbocycles. The Bertz CT molecular complexity index is 2180. The number of nitrogens with zero attached hydrogens (tertiary/aromatic N) is 2. The molecule has 2 fully saturated rings. The molecule has 2 unspecified atom stereocenters. The van der Waals surface area contributed by atoms with Gasteiger partial charge in [-0.15, -0.1) is 0 Å². The Kier molecular flexibility index (Phi) is 13.2. The molecule has 286 valence electrons. The zero-order valence-electron chi connectivity index (χ0n) is 30.5. The summed E-state index contributed by atoms with van der Waals surface area (Å²) in [6.07, 6.45) is 5.00. The van der Waals surface area contributed by atoms with E-state index < -0.39 is 17.4 Å². The quantitative estimate of drug-likeness (QED) is 0.0994. The van der Waals surface area contributed by atoms with Crippen molar-refractivity contribution < 1.29 is 18.8 Å². The molecule has 2 atom stereocenters. The molecule has 5 aromatic rings. The van der Waals surface area contributed by atoms with Crippen LogP contribution in [0.25, 0.3) is 0 Å². The van der Waals surface area contributed by atoms with Crippen molar-refractivity contribution in [2.75, 3.05) is 29.0 Å². The summed E-state index contributed by atoms with van der Waals surface area (Å²) in [7, 11) is 0. The first kappa shape index (κ1) is 39.8. The van der Waals surface area contributed by atoms with E-state index in [1.54, 1.807) is 60.7 Å². The lowest BCUT2D eigenvalue weighted by Crippen LogP contribution is -2.48. The molecule has 0 radical (unpaired) electrons. The first-order valence-electron chi connectivity index (χ1n) is 18.4. The zero-order valence-corrected chi connectivity index (χ0v) is 32.0. The molecule has 7 rings (SSSR count). The molecule has 0 spiro atoms. The van der Waals surface area contributed by atoms with Crippen molar-refractivity contribution in [1.82, 2.24) is 10.2 Å². The van der Waals surface area contributed by atoms with Crippen LogP contribution >= 0.6 is 23.2 Å². The molecule has 1 heterocycles. The van der Waals surface area contributed by atoms with Gasteiger partial charge in [0.15, 0.2) is 0 Å². The van der Waals surface area contributed by atoms with Crippen LogP contribution in [0.5, 0.6) is 0 Å². The minimum absolute atomic E-state index is 0.00430. The predicted molar refractivity (Wildman–Crippen MR) is 219 cm³/mol. The zero-order chi connectivity index (χ0) is 39.5. The fourth-order valence-corrected chi connectivity index (χ4v) is 7.13. The van der Waals surface area contributed by atoms with Gasteiger partial charge >= 0.3 is 12.1 Å². The summed E-state index contributed by atoms with van der Waals surface area (Å²) in [5, 5.41) is 22.0. The first-order valence-corrected chi connectivity index (χ1v) is 19.1. The lowest BCUT2D eigenvalue weighted by Gasteiger charge is -2.37. The molecule has 1 aliphatic heterocycles. The van der Waals surface area contributed by atoms with Crippen molar-refractivity contribution in [3.63, 3.8) is 0 Å². The highest BCUT2D eigenvalue weighted by molar-refractivity contribution is 6.31. The number of carbonyl (C=O) groups excluding carboxylic acids is 3. The van der Waals surface area contributed by atoms with E-state index in [0.29, 0.717) is 57.1 Å². The maximum absolute atomic E-state index is 14.4. The molecule has 5 amide bonds. The number of amides is 5. The van der Waals surface area contributed by atoms with Crippen molar-refractivity contribution in [2.24, 2.45) is 5.92 Å². The number of halogens is 3. The largest absolute Gasteiger partial charge is 0.326 e. The Morgan fingerprint density at radius 3 is 2.12 bits per heavy atom. The molecule has 1 aliphatic carbocycles. The van der Waals surface area contributed by atoms with Crippen LogP contribution in [-0.2, 0) is 10.3 Å². The number of anilines is 3. The van der Waals surface area contributed by atoms with Gasteiger partial charge in [-0.2, -0.15) is 5.26 Å². The number of nitrogens with one attached hydrogen (secondary N) is 4. The van der Waals surface area contributed by atoms with Crippen LogP contribution in [0, 0.1) is 23.1 Å². The van der Waals surface area contributed by atoms with E-state index in [1.807, 2.05) is 41.3 Å². The maximum Gasteiger partial charge on any atom is 0.321 e. The molecule has 4 N–H and O–H groups in total. The monoisotopic (exact) mass is 790 g/mol. The molecule has 0 aromatic heterocycles. The fraction of sp³-hybridized carbons (Fsp3) is 0.227. The van der Waals surface area contributed by atoms with Crippen molar-refractivity contribution in [1.29, 1.82) is 5.26 Å². The summed E-state index contributed by atoms with van der Waals surface area (Å²) < 4.78 is 14.4. The summed E-state index contributed by atoms with van der Waals surface area (Å²) >= 11 is 11.8. The molecule has 1 saturated heterocycles. The Hall–Kier alpha value is -5.89. The number of benzene rings is 5. The van der Waals surface area contributed by atoms with Gasteiger partial charge in [0.1, 0.15) is 5.82 Å². The lowest BCUT2D eigenvalue weighted by atomic mass is 9.78. The van der Waals surface area contributed by atoms with E-state index >= 15 is 0 Å². The SMILES string of the molecule is N#Cc1cccc(C(CCC2CC2)(NC(=O)Nc2ccc(Cl)cc2)c2ccc(F)c(NC=O)c2)c1.O=C(Nc1ccc(Cl)cc1)N1CCC(c2ccccc2)C1. The Morgan fingerprint density at radius 1 is 0.821 bits per heavy atom. The van der Waals surface area contributed by atoms with E-state index in [-0.39, 0.29) is 11.7 Å². The minimum atomic E-state index is -1.08. The molecule has 0 bridgehead atoms. The molecular weight excluding hydrogens is 750 g/mol. The number of nitriles is 1. The average molecular weight is 792 g/mol. The van der Waals surface area contributed by atoms with Gasteiger partial charge in [-0.1, -0.05) is 84.6 Å². The first-order chi connectivity index (χ1) is 27.1. The molecule has 12 heteroatoms. The third-order valence-corrected chi connectivity index (χ3v) is 10.6. The maximum atomic E-state index is 14.4. The standard InChI is InChI=1S/C27H24ClFN4O2.C17H17ClN2O/c28-22-7-9-23(10-8-22)32-26(35)33-27(13-12-18-4-5-18,20-3-1-2-19(14-20)16-30)21-6-11-24(29)25(15-21)31-17-34;18-15-6-8-16(9-7-15)19-17(21)20-11-10-14(12-20)13-4-2-1-3-5-13/h1-3,6-11,14-15,17-18H,4-5,12-13H2,(H,31,34)(H2,32,33,35);1-9,14H,10-12H2,(H,19,21).